The van der Waals surface area contributed by atoms with Gasteiger partial charge in [-0.15, -0.1) is 0 Å². The Balaban J connectivity index is 0.000000221. The van der Waals surface area contributed by atoms with E-state index in [2.05, 4.69) is 16.0 Å². The van der Waals surface area contributed by atoms with Gasteiger partial charge in [0, 0.05) is 12.3 Å². The first-order chi connectivity index (χ1) is 13.9. The number of amides is 1. The van der Waals surface area contributed by atoms with E-state index in [1.807, 2.05) is 19.9 Å². The molecule has 0 saturated heterocycles. The molecule has 0 aliphatic heterocycles. The van der Waals surface area contributed by atoms with Crippen LogP contribution in [0.3, 0.4) is 0 Å². The normalized spacial score (nSPS) is 13.8. The van der Waals surface area contributed by atoms with E-state index in [0.29, 0.717) is 23.3 Å². The highest BCUT2D eigenvalue weighted by Crippen LogP contribution is 2.28. The zero-order valence-corrected chi connectivity index (χ0v) is 17.2. The van der Waals surface area contributed by atoms with Crippen molar-refractivity contribution in [3.8, 4) is 17.6 Å². The van der Waals surface area contributed by atoms with Crippen molar-refractivity contribution in [3.63, 3.8) is 0 Å². The van der Waals surface area contributed by atoms with E-state index in [9.17, 15) is 4.79 Å². The molecule has 1 amide bonds. The Labute approximate surface area is 171 Å². The number of benzene rings is 1. The zero-order chi connectivity index (χ0) is 21.2. The first-order valence-electron chi connectivity index (χ1n) is 9.81. The molecule has 1 aromatic carbocycles. The summed E-state index contributed by atoms with van der Waals surface area (Å²) in [4.78, 5) is 18.5. The van der Waals surface area contributed by atoms with Gasteiger partial charge < -0.3 is 15.2 Å². The molecular weight excluding hydrogens is 368 g/mol. The molecule has 1 aliphatic carbocycles. The maximum Gasteiger partial charge on any atom is 0.268 e. The maximum atomic E-state index is 10.6. The van der Waals surface area contributed by atoms with Gasteiger partial charge in [-0.2, -0.15) is 5.26 Å². The van der Waals surface area contributed by atoms with E-state index in [0.717, 1.165) is 24.3 Å². The lowest BCUT2D eigenvalue weighted by Crippen LogP contribution is -2.19. The van der Waals surface area contributed by atoms with Gasteiger partial charge in [0.2, 0.25) is 0 Å². The molecule has 0 radical (unpaired) electrons. The van der Waals surface area contributed by atoms with Crippen molar-refractivity contribution in [1.29, 1.82) is 5.26 Å². The number of ether oxygens (including phenoxy) is 2. The zero-order valence-electron chi connectivity index (χ0n) is 17.2. The Kier molecular flexibility index (Phi) is 8.41. The highest BCUT2D eigenvalue weighted by Gasteiger charge is 2.15. The third kappa shape index (κ3) is 6.75. The van der Waals surface area contributed by atoms with Crippen molar-refractivity contribution < 1.29 is 14.3 Å². The van der Waals surface area contributed by atoms with Crippen molar-refractivity contribution in [2.75, 3.05) is 7.11 Å². The van der Waals surface area contributed by atoms with Gasteiger partial charge in [0.25, 0.3) is 5.91 Å². The Morgan fingerprint density at radius 1 is 1.21 bits per heavy atom. The predicted octanol–water partition coefficient (Wildman–Crippen LogP) is 3.98. The SMILES string of the molecule is CC(C)c1cnc(C(N)=O)cn1.COc1cc(OC2CCCCC2)ccc1C#N. The highest BCUT2D eigenvalue weighted by molar-refractivity contribution is 5.90. The molecule has 154 valence electrons. The van der Waals surface area contributed by atoms with Crippen LogP contribution in [-0.2, 0) is 0 Å². The molecule has 1 aromatic heterocycles. The number of methoxy groups -OCH3 is 1. The van der Waals surface area contributed by atoms with Gasteiger partial charge in [0.15, 0.2) is 0 Å². The average molecular weight is 396 g/mol. The summed E-state index contributed by atoms with van der Waals surface area (Å²) in [6.07, 6.45) is 9.36. The minimum atomic E-state index is -0.544. The first-order valence-corrected chi connectivity index (χ1v) is 9.81. The fraction of sp³-hybridized carbons (Fsp3) is 0.455. The van der Waals surface area contributed by atoms with E-state index in [4.69, 9.17) is 20.5 Å². The van der Waals surface area contributed by atoms with Crippen molar-refractivity contribution >= 4 is 5.91 Å². The van der Waals surface area contributed by atoms with Crippen LogP contribution in [0.1, 0.15) is 73.6 Å². The molecule has 0 unspecified atom stereocenters. The Morgan fingerprint density at radius 3 is 2.45 bits per heavy atom. The van der Waals surface area contributed by atoms with Crippen molar-refractivity contribution in [2.24, 2.45) is 5.73 Å². The van der Waals surface area contributed by atoms with Crippen LogP contribution in [0.15, 0.2) is 30.6 Å². The topological polar surface area (TPSA) is 111 Å². The van der Waals surface area contributed by atoms with Gasteiger partial charge in [-0.3, -0.25) is 9.78 Å². The molecule has 1 aliphatic rings. The first kappa shape index (κ1) is 22.2. The van der Waals surface area contributed by atoms with E-state index < -0.39 is 5.91 Å². The van der Waals surface area contributed by atoms with Gasteiger partial charge in [0.05, 0.1) is 30.7 Å². The fourth-order valence-corrected chi connectivity index (χ4v) is 2.98. The molecular formula is C22H28N4O3. The van der Waals surface area contributed by atoms with Crippen LogP contribution in [0, 0.1) is 11.3 Å². The van der Waals surface area contributed by atoms with E-state index >= 15 is 0 Å². The van der Waals surface area contributed by atoms with E-state index in [1.165, 1.54) is 25.5 Å². The standard InChI is InChI=1S/C14H17NO2.C8H11N3O/c1-16-14-9-13(8-7-11(14)10-15)17-12-5-3-2-4-6-12;1-5(2)6-3-11-7(4-10-6)8(9)12/h7-9,12H,2-6H2,1H3;3-5H,1-2H3,(H2,9,12). The summed E-state index contributed by atoms with van der Waals surface area (Å²) in [5.41, 5.74) is 6.61. The number of nitrogens with two attached hydrogens (primary N) is 1. The quantitative estimate of drug-likeness (QED) is 0.818. The molecule has 0 bridgehead atoms. The Hall–Kier alpha value is -3.14. The number of hydrogen-bond acceptors (Lipinski definition) is 6. The molecule has 7 nitrogen and oxygen atoms in total. The van der Waals surface area contributed by atoms with Crippen LogP contribution >= 0.6 is 0 Å². The highest BCUT2D eigenvalue weighted by atomic mass is 16.5. The van der Waals surface area contributed by atoms with Gasteiger partial charge in [-0.05, 0) is 43.7 Å². The molecule has 1 saturated carbocycles. The van der Waals surface area contributed by atoms with Gasteiger partial charge in [-0.25, -0.2) is 4.98 Å². The third-order valence-electron chi connectivity index (χ3n) is 4.66. The van der Waals surface area contributed by atoms with Crippen molar-refractivity contribution in [1.82, 2.24) is 9.97 Å². The monoisotopic (exact) mass is 396 g/mol. The molecule has 2 N–H and O–H groups in total. The number of carbonyl (C=O) groups excluding carboxylic acids is 1. The van der Waals surface area contributed by atoms with E-state index in [-0.39, 0.29) is 5.69 Å². The molecule has 2 aromatic rings. The van der Waals surface area contributed by atoms with Crippen LogP contribution in [0.5, 0.6) is 11.5 Å². The Bertz CT molecular complexity index is 838. The lowest BCUT2D eigenvalue weighted by molar-refractivity contribution is 0.0995. The second kappa shape index (κ2) is 11.0. The Morgan fingerprint density at radius 2 is 1.93 bits per heavy atom. The summed E-state index contributed by atoms with van der Waals surface area (Å²) < 4.78 is 11.1. The van der Waals surface area contributed by atoms with Crippen LogP contribution in [0.4, 0.5) is 0 Å². The number of nitriles is 1. The number of hydrogen-bond donors (Lipinski definition) is 1. The second-order valence-corrected chi connectivity index (χ2v) is 7.20. The van der Waals surface area contributed by atoms with E-state index in [1.54, 1.807) is 25.4 Å². The van der Waals surface area contributed by atoms with Crippen molar-refractivity contribution in [2.45, 2.75) is 58.0 Å². The molecule has 0 spiro atoms. The second-order valence-electron chi connectivity index (χ2n) is 7.20. The largest absolute Gasteiger partial charge is 0.495 e. The third-order valence-corrected chi connectivity index (χ3v) is 4.66. The number of aromatic nitrogens is 2. The molecule has 0 atom stereocenters. The number of carbonyl (C=O) groups is 1. The molecule has 3 rings (SSSR count). The molecule has 1 fully saturated rings. The smallest absolute Gasteiger partial charge is 0.268 e. The average Bonchev–Trinajstić information content (AvgIpc) is 2.75. The number of rotatable bonds is 5. The lowest BCUT2D eigenvalue weighted by atomic mass is 9.98. The van der Waals surface area contributed by atoms with Crippen LogP contribution in [0.2, 0.25) is 0 Å². The fourth-order valence-electron chi connectivity index (χ4n) is 2.98. The summed E-state index contributed by atoms with van der Waals surface area (Å²) in [6, 6.07) is 7.49. The molecule has 1 heterocycles. The summed E-state index contributed by atoms with van der Waals surface area (Å²) >= 11 is 0. The number of nitrogens with zero attached hydrogens (tertiary/aromatic N) is 3. The molecule has 29 heavy (non-hydrogen) atoms. The minimum absolute atomic E-state index is 0.208. The maximum absolute atomic E-state index is 10.6. The van der Waals surface area contributed by atoms with Gasteiger partial charge >= 0.3 is 0 Å². The van der Waals surface area contributed by atoms with Gasteiger partial charge in [0.1, 0.15) is 23.3 Å². The van der Waals surface area contributed by atoms with Crippen LogP contribution in [0.25, 0.3) is 0 Å². The summed E-state index contributed by atoms with van der Waals surface area (Å²) in [7, 11) is 1.57. The van der Waals surface area contributed by atoms with Crippen LogP contribution in [-0.4, -0.2) is 29.1 Å². The summed E-state index contributed by atoms with van der Waals surface area (Å²) in [5, 5.41) is 8.89. The summed E-state index contributed by atoms with van der Waals surface area (Å²) in [6.45, 7) is 4.02. The number of primary amides is 1. The van der Waals surface area contributed by atoms with Gasteiger partial charge in [-0.1, -0.05) is 20.3 Å². The van der Waals surface area contributed by atoms with Crippen LogP contribution < -0.4 is 15.2 Å². The van der Waals surface area contributed by atoms with Crippen molar-refractivity contribution in [3.05, 3.63) is 47.5 Å². The predicted molar refractivity (Wildman–Crippen MR) is 110 cm³/mol. The lowest BCUT2D eigenvalue weighted by Gasteiger charge is -2.23. The molecule has 7 heteroatoms. The summed E-state index contributed by atoms with van der Waals surface area (Å²) in [5.74, 6) is 1.16. The minimum Gasteiger partial charge on any atom is -0.495 e.